The van der Waals surface area contributed by atoms with Crippen molar-refractivity contribution in [2.45, 2.75) is 25.3 Å². The van der Waals surface area contributed by atoms with Gasteiger partial charge in [0.15, 0.2) is 0 Å². The average Bonchev–Trinajstić information content (AvgIpc) is 2.35. The van der Waals surface area contributed by atoms with E-state index >= 15 is 0 Å². The lowest BCUT2D eigenvalue weighted by Crippen LogP contribution is -2.32. The predicted octanol–water partition coefficient (Wildman–Crippen LogP) is 0.464. The monoisotopic (exact) mass is 157 g/mol. The maximum atomic E-state index is 10.7. The Kier molecular flexibility index (Phi) is 2.46. The van der Waals surface area contributed by atoms with Crippen LogP contribution >= 0.6 is 0 Å². The number of methoxy groups -OCH3 is 1. The highest BCUT2D eigenvalue weighted by Gasteiger charge is 2.23. The Morgan fingerprint density at radius 1 is 1.73 bits per heavy atom. The first-order chi connectivity index (χ1) is 5.22. The summed E-state index contributed by atoms with van der Waals surface area (Å²) < 4.78 is 4.39. The maximum Gasteiger partial charge on any atom is 0.407 e. The van der Waals surface area contributed by atoms with E-state index in [1.807, 2.05) is 0 Å². The van der Waals surface area contributed by atoms with Gasteiger partial charge in [0.2, 0.25) is 0 Å². The lowest BCUT2D eigenvalue weighted by Gasteiger charge is -2.08. The molecule has 1 atom stereocenters. The number of hydrogen-bond donors (Lipinski definition) is 1. The van der Waals surface area contributed by atoms with E-state index in [9.17, 15) is 9.59 Å². The topological polar surface area (TPSA) is 55.4 Å². The van der Waals surface area contributed by atoms with E-state index in [1.165, 1.54) is 7.11 Å². The molecule has 1 aliphatic carbocycles. The van der Waals surface area contributed by atoms with Crippen LogP contribution in [0.4, 0.5) is 4.79 Å². The van der Waals surface area contributed by atoms with Crippen LogP contribution in [0.15, 0.2) is 0 Å². The molecule has 0 aliphatic heterocycles. The summed E-state index contributed by atoms with van der Waals surface area (Å²) in [5.41, 5.74) is 0. The van der Waals surface area contributed by atoms with Gasteiger partial charge in [-0.1, -0.05) is 0 Å². The molecule has 0 bridgehead atoms. The molecule has 0 radical (unpaired) electrons. The highest BCUT2D eigenvalue weighted by molar-refractivity contribution is 5.82. The second-order valence-electron chi connectivity index (χ2n) is 2.61. The second kappa shape index (κ2) is 3.37. The van der Waals surface area contributed by atoms with Gasteiger partial charge < -0.3 is 10.1 Å². The summed E-state index contributed by atoms with van der Waals surface area (Å²) in [6.45, 7) is 0. The first-order valence-electron chi connectivity index (χ1n) is 3.58. The minimum atomic E-state index is -0.454. The molecule has 4 heteroatoms. The van der Waals surface area contributed by atoms with E-state index in [0.29, 0.717) is 12.8 Å². The predicted molar refractivity (Wildman–Crippen MR) is 38.2 cm³/mol. The van der Waals surface area contributed by atoms with Gasteiger partial charge >= 0.3 is 6.09 Å². The highest BCUT2D eigenvalue weighted by atomic mass is 16.5. The lowest BCUT2D eigenvalue weighted by atomic mass is 10.3. The van der Waals surface area contributed by atoms with Crippen molar-refractivity contribution in [1.82, 2.24) is 5.32 Å². The molecule has 0 saturated heterocycles. The van der Waals surface area contributed by atoms with Crippen molar-refractivity contribution in [1.29, 1.82) is 0 Å². The molecular weight excluding hydrogens is 146 g/mol. The van der Waals surface area contributed by atoms with Crippen LogP contribution in [0.5, 0.6) is 0 Å². The second-order valence-corrected chi connectivity index (χ2v) is 2.61. The lowest BCUT2D eigenvalue weighted by molar-refractivity contribution is -0.117. The molecule has 62 valence electrons. The van der Waals surface area contributed by atoms with E-state index in [0.717, 1.165) is 6.42 Å². The molecule has 0 aromatic rings. The fourth-order valence-electron chi connectivity index (χ4n) is 1.16. The number of ketones is 1. The third-order valence-corrected chi connectivity index (χ3v) is 1.75. The van der Waals surface area contributed by atoms with Gasteiger partial charge in [0.25, 0.3) is 0 Å². The first kappa shape index (κ1) is 8.04. The molecule has 11 heavy (non-hydrogen) atoms. The van der Waals surface area contributed by atoms with Crippen LogP contribution in [0.25, 0.3) is 0 Å². The number of rotatable bonds is 1. The minimum absolute atomic E-state index is 0.00468. The smallest absolute Gasteiger partial charge is 0.407 e. The van der Waals surface area contributed by atoms with Crippen LogP contribution in [-0.4, -0.2) is 25.0 Å². The standard InChI is InChI=1S/C7H11NO3/c1-11-7(10)8-5-2-3-6(9)4-5/h5H,2-4H2,1H3,(H,8,10). The molecular formula is C7H11NO3. The third-order valence-electron chi connectivity index (χ3n) is 1.75. The number of amides is 1. The molecule has 0 spiro atoms. The molecule has 1 unspecified atom stereocenters. The number of ether oxygens (including phenoxy) is 1. The SMILES string of the molecule is COC(=O)NC1CCC(=O)C1. The van der Waals surface area contributed by atoms with E-state index in [4.69, 9.17) is 0 Å². The summed E-state index contributed by atoms with van der Waals surface area (Å²) in [6.07, 6.45) is 1.32. The number of carbonyl (C=O) groups is 2. The van der Waals surface area contributed by atoms with Gasteiger partial charge in [-0.15, -0.1) is 0 Å². The van der Waals surface area contributed by atoms with Gasteiger partial charge in [0.05, 0.1) is 7.11 Å². The number of carbonyl (C=O) groups excluding carboxylic acids is 2. The fourth-order valence-corrected chi connectivity index (χ4v) is 1.16. The van der Waals surface area contributed by atoms with Crippen molar-refractivity contribution in [3.63, 3.8) is 0 Å². The van der Waals surface area contributed by atoms with Crippen molar-refractivity contribution in [3.8, 4) is 0 Å². The Hall–Kier alpha value is -1.06. The van der Waals surface area contributed by atoms with Crippen LogP contribution in [0.1, 0.15) is 19.3 Å². The number of alkyl carbamates (subject to hydrolysis) is 1. The zero-order chi connectivity index (χ0) is 8.27. The van der Waals surface area contributed by atoms with Crippen LogP contribution in [0.2, 0.25) is 0 Å². The van der Waals surface area contributed by atoms with Crippen LogP contribution in [-0.2, 0) is 9.53 Å². The summed E-state index contributed by atoms with van der Waals surface area (Å²) >= 11 is 0. The van der Waals surface area contributed by atoms with Gasteiger partial charge in [0, 0.05) is 18.9 Å². The molecule has 1 N–H and O–H groups in total. The highest BCUT2D eigenvalue weighted by Crippen LogP contribution is 2.14. The van der Waals surface area contributed by atoms with Gasteiger partial charge in [-0.2, -0.15) is 0 Å². The largest absolute Gasteiger partial charge is 0.453 e. The van der Waals surface area contributed by atoms with Crippen molar-refractivity contribution in [3.05, 3.63) is 0 Å². The normalized spacial score (nSPS) is 23.4. The fraction of sp³-hybridized carbons (Fsp3) is 0.714. The number of Topliss-reactive ketones (excluding diaryl/α,β-unsaturated/α-hetero) is 1. The first-order valence-corrected chi connectivity index (χ1v) is 3.58. The molecule has 4 nitrogen and oxygen atoms in total. The van der Waals surface area contributed by atoms with Crippen LogP contribution in [0.3, 0.4) is 0 Å². The van der Waals surface area contributed by atoms with E-state index in [-0.39, 0.29) is 11.8 Å². The van der Waals surface area contributed by atoms with Crippen LogP contribution in [0, 0.1) is 0 Å². The summed E-state index contributed by atoms with van der Waals surface area (Å²) in [5, 5.41) is 2.58. The molecule has 0 aromatic carbocycles. The maximum absolute atomic E-state index is 10.7. The van der Waals surface area contributed by atoms with Gasteiger partial charge in [-0.25, -0.2) is 4.79 Å². The van der Waals surface area contributed by atoms with Crippen molar-refractivity contribution < 1.29 is 14.3 Å². The zero-order valence-corrected chi connectivity index (χ0v) is 6.42. The Balaban J connectivity index is 2.28. The van der Waals surface area contributed by atoms with E-state index < -0.39 is 6.09 Å². The van der Waals surface area contributed by atoms with Gasteiger partial charge in [-0.05, 0) is 6.42 Å². The Bertz CT molecular complexity index is 179. The Labute approximate surface area is 64.9 Å². The van der Waals surface area contributed by atoms with Crippen molar-refractivity contribution in [2.75, 3.05) is 7.11 Å². The number of nitrogens with one attached hydrogen (secondary N) is 1. The molecule has 1 amide bonds. The van der Waals surface area contributed by atoms with Crippen molar-refractivity contribution in [2.24, 2.45) is 0 Å². The van der Waals surface area contributed by atoms with Gasteiger partial charge in [0.1, 0.15) is 5.78 Å². The molecule has 0 heterocycles. The third kappa shape index (κ3) is 2.22. The average molecular weight is 157 g/mol. The summed E-state index contributed by atoms with van der Waals surface area (Å²) in [4.78, 5) is 21.4. The van der Waals surface area contributed by atoms with Gasteiger partial charge in [-0.3, -0.25) is 4.79 Å². The Morgan fingerprint density at radius 2 is 2.45 bits per heavy atom. The summed E-state index contributed by atoms with van der Waals surface area (Å²) in [5.74, 6) is 0.214. The zero-order valence-electron chi connectivity index (χ0n) is 6.42. The quantitative estimate of drug-likeness (QED) is 0.601. The summed E-state index contributed by atoms with van der Waals surface area (Å²) in [7, 11) is 1.31. The number of hydrogen-bond acceptors (Lipinski definition) is 3. The van der Waals surface area contributed by atoms with Crippen LogP contribution < -0.4 is 5.32 Å². The molecule has 1 rings (SSSR count). The summed E-state index contributed by atoms with van der Waals surface area (Å²) in [6, 6.07) is -0.00468. The van der Waals surface area contributed by atoms with E-state index in [1.54, 1.807) is 0 Å². The molecule has 1 aliphatic rings. The molecule has 1 fully saturated rings. The molecule has 1 saturated carbocycles. The molecule has 0 aromatic heterocycles. The Morgan fingerprint density at radius 3 is 2.91 bits per heavy atom. The van der Waals surface area contributed by atoms with E-state index in [2.05, 4.69) is 10.1 Å². The van der Waals surface area contributed by atoms with Crippen molar-refractivity contribution >= 4 is 11.9 Å². The minimum Gasteiger partial charge on any atom is -0.453 e.